The molecule has 1 aromatic heterocycles. The first-order valence-corrected chi connectivity index (χ1v) is 8.24. The molecule has 21 heavy (non-hydrogen) atoms. The number of carbonyl (C=O) groups is 1. The van der Waals surface area contributed by atoms with Crippen LogP contribution in [0, 0.1) is 0 Å². The lowest BCUT2D eigenvalue weighted by Gasteiger charge is -2.11. The molecule has 2 amide bonds. The molecular weight excluding hydrogens is 354 g/mol. The van der Waals surface area contributed by atoms with E-state index in [1.54, 1.807) is 0 Å². The second-order valence-electron chi connectivity index (χ2n) is 4.67. The highest BCUT2D eigenvalue weighted by molar-refractivity contribution is 9.10. The number of hydrogen-bond acceptors (Lipinski definition) is 5. The van der Waals surface area contributed by atoms with Gasteiger partial charge < -0.3 is 10.2 Å². The number of aromatic nitrogens is 2. The number of benzene rings is 1. The molecule has 2 aromatic rings. The topological polar surface area (TPSA) is 70.1 Å². The largest absolute Gasteiger partial charge is 0.347 e. The molecule has 110 valence electrons. The normalized spacial score (nSPS) is 14.2. The maximum atomic E-state index is 11.9. The van der Waals surface area contributed by atoms with Crippen LogP contribution < -0.4 is 15.5 Å². The van der Waals surface area contributed by atoms with E-state index in [0.29, 0.717) is 10.8 Å². The zero-order valence-electron chi connectivity index (χ0n) is 11.2. The molecule has 8 heteroatoms. The van der Waals surface area contributed by atoms with E-state index in [0.717, 1.165) is 22.7 Å². The SMILES string of the molecule is O=C(Nc1cccc(Br)c1)Nc1nnc(N2CCCC2)s1. The van der Waals surface area contributed by atoms with Crippen molar-refractivity contribution in [3.05, 3.63) is 28.7 Å². The molecule has 0 aliphatic carbocycles. The molecule has 1 aliphatic rings. The molecule has 0 atom stereocenters. The average molecular weight is 368 g/mol. The Bertz CT molecular complexity index is 641. The monoisotopic (exact) mass is 367 g/mol. The maximum absolute atomic E-state index is 11.9. The molecule has 3 rings (SSSR count). The minimum atomic E-state index is -0.322. The van der Waals surface area contributed by atoms with Crippen LogP contribution >= 0.6 is 27.3 Å². The number of anilines is 3. The predicted molar refractivity (Wildman–Crippen MR) is 88.1 cm³/mol. The summed E-state index contributed by atoms with van der Waals surface area (Å²) < 4.78 is 0.910. The molecule has 0 bridgehead atoms. The Labute approximate surface area is 134 Å². The Kier molecular flexibility index (Phi) is 4.35. The van der Waals surface area contributed by atoms with Crippen molar-refractivity contribution in [1.82, 2.24) is 10.2 Å². The zero-order valence-corrected chi connectivity index (χ0v) is 13.6. The van der Waals surface area contributed by atoms with E-state index in [1.165, 1.54) is 24.2 Å². The van der Waals surface area contributed by atoms with Crippen molar-refractivity contribution in [1.29, 1.82) is 0 Å². The van der Waals surface area contributed by atoms with Crippen LogP contribution in [0.15, 0.2) is 28.7 Å². The Morgan fingerprint density at radius 1 is 1.24 bits per heavy atom. The van der Waals surface area contributed by atoms with Gasteiger partial charge in [0.2, 0.25) is 10.3 Å². The summed E-state index contributed by atoms with van der Waals surface area (Å²) >= 11 is 4.76. The Hall–Kier alpha value is -1.67. The van der Waals surface area contributed by atoms with Crippen LogP contribution in [-0.4, -0.2) is 29.3 Å². The Morgan fingerprint density at radius 3 is 2.81 bits per heavy atom. The fourth-order valence-electron chi connectivity index (χ4n) is 2.13. The van der Waals surface area contributed by atoms with Crippen molar-refractivity contribution in [3.8, 4) is 0 Å². The van der Waals surface area contributed by atoms with Gasteiger partial charge in [0.05, 0.1) is 0 Å². The third-order valence-corrected chi connectivity index (χ3v) is 4.49. The van der Waals surface area contributed by atoms with E-state index in [1.807, 2.05) is 24.3 Å². The van der Waals surface area contributed by atoms with Gasteiger partial charge in [-0.05, 0) is 31.0 Å². The first-order valence-electron chi connectivity index (χ1n) is 6.63. The van der Waals surface area contributed by atoms with Crippen molar-refractivity contribution in [2.24, 2.45) is 0 Å². The van der Waals surface area contributed by atoms with Crippen molar-refractivity contribution in [3.63, 3.8) is 0 Å². The first-order chi connectivity index (χ1) is 10.2. The minimum absolute atomic E-state index is 0.322. The third-order valence-electron chi connectivity index (χ3n) is 3.09. The lowest BCUT2D eigenvalue weighted by atomic mass is 10.3. The predicted octanol–water partition coefficient (Wildman–Crippen LogP) is 3.54. The molecule has 2 N–H and O–H groups in total. The molecule has 1 saturated heterocycles. The number of nitrogens with zero attached hydrogens (tertiary/aromatic N) is 3. The van der Waals surface area contributed by atoms with E-state index in [9.17, 15) is 4.79 Å². The van der Waals surface area contributed by atoms with Gasteiger partial charge in [0.25, 0.3) is 0 Å². The highest BCUT2D eigenvalue weighted by Gasteiger charge is 2.17. The van der Waals surface area contributed by atoms with E-state index < -0.39 is 0 Å². The van der Waals surface area contributed by atoms with Crippen LogP contribution in [0.25, 0.3) is 0 Å². The summed E-state index contributed by atoms with van der Waals surface area (Å²) in [5, 5.41) is 15.0. The zero-order chi connectivity index (χ0) is 14.7. The number of amides is 2. The van der Waals surface area contributed by atoms with Gasteiger partial charge in [-0.25, -0.2) is 4.79 Å². The molecule has 0 spiro atoms. The molecule has 2 heterocycles. The quantitative estimate of drug-likeness (QED) is 0.870. The summed E-state index contributed by atoms with van der Waals surface area (Å²) in [6, 6.07) is 7.08. The van der Waals surface area contributed by atoms with Crippen LogP contribution in [0.1, 0.15) is 12.8 Å². The highest BCUT2D eigenvalue weighted by atomic mass is 79.9. The molecule has 1 aliphatic heterocycles. The summed E-state index contributed by atoms with van der Waals surface area (Å²) in [5.41, 5.74) is 0.714. The third kappa shape index (κ3) is 3.70. The van der Waals surface area contributed by atoms with Crippen molar-refractivity contribution in [2.45, 2.75) is 12.8 Å². The smallest absolute Gasteiger partial charge is 0.325 e. The molecule has 1 aromatic carbocycles. The minimum Gasteiger partial charge on any atom is -0.347 e. The number of rotatable bonds is 3. The van der Waals surface area contributed by atoms with Gasteiger partial charge in [-0.2, -0.15) is 0 Å². The van der Waals surface area contributed by atoms with Crippen molar-refractivity contribution in [2.75, 3.05) is 28.6 Å². The summed E-state index contributed by atoms with van der Waals surface area (Å²) in [6.07, 6.45) is 2.37. The summed E-state index contributed by atoms with van der Waals surface area (Å²) in [4.78, 5) is 14.1. The molecule has 0 unspecified atom stereocenters. The van der Waals surface area contributed by atoms with Crippen LogP contribution in [0.3, 0.4) is 0 Å². The van der Waals surface area contributed by atoms with Gasteiger partial charge in [0.15, 0.2) is 0 Å². The molecule has 0 saturated carbocycles. The molecular formula is C13H14BrN5OS. The van der Waals surface area contributed by atoms with E-state index in [4.69, 9.17) is 0 Å². The van der Waals surface area contributed by atoms with Crippen molar-refractivity contribution < 1.29 is 4.79 Å². The number of carbonyl (C=O) groups excluding carboxylic acids is 1. The number of nitrogens with one attached hydrogen (secondary N) is 2. The molecule has 0 radical (unpaired) electrons. The fraction of sp³-hybridized carbons (Fsp3) is 0.308. The Balaban J connectivity index is 1.59. The number of hydrogen-bond donors (Lipinski definition) is 2. The maximum Gasteiger partial charge on any atom is 0.325 e. The van der Waals surface area contributed by atoms with E-state index in [-0.39, 0.29) is 6.03 Å². The van der Waals surface area contributed by atoms with Gasteiger partial charge in [0, 0.05) is 23.2 Å². The van der Waals surface area contributed by atoms with E-state index >= 15 is 0 Å². The Morgan fingerprint density at radius 2 is 2.05 bits per heavy atom. The van der Waals surface area contributed by atoms with Crippen molar-refractivity contribution >= 4 is 49.2 Å². The standard InChI is InChI=1S/C13H14BrN5OS/c14-9-4-3-5-10(8-9)15-11(20)16-12-17-18-13(21-12)19-6-1-2-7-19/h3-5,8H,1-2,6-7H2,(H2,15,16,17,20). The van der Waals surface area contributed by atoms with Gasteiger partial charge in [0.1, 0.15) is 0 Å². The lowest BCUT2D eigenvalue weighted by molar-refractivity contribution is 0.262. The number of urea groups is 1. The van der Waals surface area contributed by atoms with Crippen LogP contribution in [0.2, 0.25) is 0 Å². The molecule has 6 nitrogen and oxygen atoms in total. The van der Waals surface area contributed by atoms with E-state index in [2.05, 4.69) is 41.7 Å². The first kappa shape index (κ1) is 14.3. The molecule has 1 fully saturated rings. The fourth-order valence-corrected chi connectivity index (χ4v) is 3.32. The van der Waals surface area contributed by atoms with Gasteiger partial charge >= 0.3 is 6.03 Å². The summed E-state index contributed by atoms with van der Waals surface area (Å²) in [5.74, 6) is 0. The lowest BCUT2D eigenvalue weighted by Crippen LogP contribution is -2.19. The second kappa shape index (κ2) is 6.40. The number of halogens is 1. The average Bonchev–Trinajstić information content (AvgIpc) is 3.08. The summed E-state index contributed by atoms with van der Waals surface area (Å²) in [6.45, 7) is 2.03. The highest BCUT2D eigenvalue weighted by Crippen LogP contribution is 2.27. The van der Waals surface area contributed by atoms with Crippen LogP contribution in [-0.2, 0) is 0 Å². The van der Waals surface area contributed by atoms with Gasteiger partial charge in [-0.15, -0.1) is 10.2 Å². The van der Waals surface area contributed by atoms with Gasteiger partial charge in [-0.3, -0.25) is 5.32 Å². The summed E-state index contributed by atoms with van der Waals surface area (Å²) in [7, 11) is 0. The van der Waals surface area contributed by atoms with Crippen LogP contribution in [0.4, 0.5) is 20.7 Å². The second-order valence-corrected chi connectivity index (χ2v) is 6.55. The van der Waals surface area contributed by atoms with Crippen LogP contribution in [0.5, 0.6) is 0 Å². The van der Waals surface area contributed by atoms with Gasteiger partial charge in [-0.1, -0.05) is 33.3 Å².